The van der Waals surface area contributed by atoms with Crippen molar-refractivity contribution in [1.82, 2.24) is 4.90 Å². The summed E-state index contributed by atoms with van der Waals surface area (Å²) in [6.07, 6.45) is 2.12. The molecule has 1 unspecified atom stereocenters. The van der Waals surface area contributed by atoms with Gasteiger partial charge in [-0.2, -0.15) is 0 Å². The van der Waals surface area contributed by atoms with Crippen LogP contribution < -0.4 is 5.73 Å². The van der Waals surface area contributed by atoms with Gasteiger partial charge in [0, 0.05) is 19.0 Å². The fourth-order valence-corrected chi connectivity index (χ4v) is 2.94. The molecule has 0 aromatic heterocycles. The Labute approximate surface area is 114 Å². The molecule has 1 aromatic carbocycles. The molecule has 1 fully saturated rings. The van der Waals surface area contributed by atoms with Gasteiger partial charge >= 0.3 is 0 Å². The van der Waals surface area contributed by atoms with Crippen LogP contribution in [0.4, 0.5) is 0 Å². The molecule has 0 spiro atoms. The Hall–Kier alpha value is -1.55. The van der Waals surface area contributed by atoms with Gasteiger partial charge < -0.3 is 10.9 Å². The van der Waals surface area contributed by atoms with E-state index in [0.29, 0.717) is 5.84 Å². The molecule has 1 saturated heterocycles. The van der Waals surface area contributed by atoms with Crippen LogP contribution in [0.5, 0.6) is 0 Å². The molecule has 0 saturated carbocycles. The Morgan fingerprint density at radius 2 is 2.05 bits per heavy atom. The molecule has 1 heterocycles. The lowest BCUT2D eigenvalue weighted by molar-refractivity contribution is 0.193. The number of amidine groups is 1. The number of likely N-dealkylation sites (tertiary alicyclic amines) is 1. The zero-order chi connectivity index (χ0) is 13.8. The second kappa shape index (κ2) is 6.06. The van der Waals surface area contributed by atoms with Crippen molar-refractivity contribution in [1.29, 1.82) is 0 Å². The second-order valence-electron chi connectivity index (χ2n) is 5.60. The van der Waals surface area contributed by atoms with Crippen LogP contribution in [0, 0.1) is 19.8 Å². The number of rotatable bonds is 3. The molecule has 1 aromatic rings. The van der Waals surface area contributed by atoms with Gasteiger partial charge in [-0.25, -0.2) is 0 Å². The number of aryl methyl sites for hydroxylation is 2. The monoisotopic (exact) mass is 261 g/mol. The summed E-state index contributed by atoms with van der Waals surface area (Å²) >= 11 is 0. The van der Waals surface area contributed by atoms with Gasteiger partial charge in [-0.15, -0.1) is 0 Å². The highest BCUT2D eigenvalue weighted by molar-refractivity contribution is 5.82. The highest BCUT2D eigenvalue weighted by atomic mass is 16.4. The van der Waals surface area contributed by atoms with E-state index in [-0.39, 0.29) is 5.92 Å². The first-order valence-electron chi connectivity index (χ1n) is 6.85. The van der Waals surface area contributed by atoms with E-state index in [4.69, 9.17) is 10.9 Å². The molecule has 2 rings (SSSR count). The van der Waals surface area contributed by atoms with Crippen LogP contribution in [0.2, 0.25) is 0 Å². The van der Waals surface area contributed by atoms with Gasteiger partial charge in [0.1, 0.15) is 5.84 Å². The fraction of sp³-hybridized carbons (Fsp3) is 0.533. The standard InChI is InChI=1S/C15H23N3O/c1-11-6-12(2)8-13(7-11)9-18-5-3-4-14(10-18)15(16)17-19/h6-8,14,19H,3-5,9-10H2,1-2H3,(H2,16,17). The minimum absolute atomic E-state index is 0.185. The molecule has 3 N–H and O–H groups in total. The topological polar surface area (TPSA) is 61.8 Å². The minimum Gasteiger partial charge on any atom is -0.409 e. The van der Waals surface area contributed by atoms with Gasteiger partial charge in [-0.3, -0.25) is 4.90 Å². The third-order valence-corrected chi connectivity index (χ3v) is 3.73. The highest BCUT2D eigenvalue weighted by Crippen LogP contribution is 2.19. The highest BCUT2D eigenvalue weighted by Gasteiger charge is 2.23. The third kappa shape index (κ3) is 3.70. The fourth-order valence-electron chi connectivity index (χ4n) is 2.94. The van der Waals surface area contributed by atoms with Crippen LogP contribution in [0.25, 0.3) is 0 Å². The summed E-state index contributed by atoms with van der Waals surface area (Å²) < 4.78 is 0. The maximum Gasteiger partial charge on any atom is 0.143 e. The first-order valence-corrected chi connectivity index (χ1v) is 6.85. The van der Waals surface area contributed by atoms with Crippen LogP contribution in [0.1, 0.15) is 29.5 Å². The van der Waals surface area contributed by atoms with Crippen molar-refractivity contribution in [3.8, 4) is 0 Å². The van der Waals surface area contributed by atoms with Gasteiger partial charge in [0.05, 0.1) is 0 Å². The summed E-state index contributed by atoms with van der Waals surface area (Å²) in [5.74, 6) is 0.551. The van der Waals surface area contributed by atoms with Crippen LogP contribution >= 0.6 is 0 Å². The quantitative estimate of drug-likeness (QED) is 0.380. The Bertz CT molecular complexity index is 450. The number of hydrogen-bond acceptors (Lipinski definition) is 3. The average molecular weight is 261 g/mol. The Kier molecular flexibility index (Phi) is 4.43. The number of nitrogens with two attached hydrogens (primary N) is 1. The molecule has 0 radical (unpaired) electrons. The first kappa shape index (κ1) is 13.9. The third-order valence-electron chi connectivity index (χ3n) is 3.73. The SMILES string of the molecule is Cc1cc(C)cc(CN2CCCC(C(N)=NO)C2)c1. The Morgan fingerprint density at radius 3 is 2.68 bits per heavy atom. The molecular weight excluding hydrogens is 238 g/mol. The molecule has 1 aliphatic heterocycles. The van der Waals surface area contributed by atoms with Gasteiger partial charge in [0.25, 0.3) is 0 Å². The molecule has 0 aliphatic carbocycles. The smallest absolute Gasteiger partial charge is 0.143 e. The maximum atomic E-state index is 8.78. The zero-order valence-corrected chi connectivity index (χ0v) is 11.8. The molecule has 1 atom stereocenters. The largest absolute Gasteiger partial charge is 0.409 e. The van der Waals surface area contributed by atoms with Crippen LogP contribution in [0.3, 0.4) is 0 Å². The van der Waals surface area contributed by atoms with Gasteiger partial charge in [-0.1, -0.05) is 34.5 Å². The number of piperidine rings is 1. The van der Waals surface area contributed by atoms with E-state index in [1.165, 1.54) is 16.7 Å². The summed E-state index contributed by atoms with van der Waals surface area (Å²) in [6.45, 7) is 7.17. The lowest BCUT2D eigenvalue weighted by Gasteiger charge is -2.32. The normalized spacial score (nSPS) is 21.6. The lowest BCUT2D eigenvalue weighted by Crippen LogP contribution is -2.40. The van der Waals surface area contributed by atoms with Crippen molar-refractivity contribution >= 4 is 5.84 Å². The van der Waals surface area contributed by atoms with Crippen molar-refractivity contribution in [3.63, 3.8) is 0 Å². The van der Waals surface area contributed by atoms with Crippen LogP contribution in [-0.2, 0) is 6.54 Å². The lowest BCUT2D eigenvalue weighted by atomic mass is 9.96. The van der Waals surface area contributed by atoms with E-state index in [1.54, 1.807) is 0 Å². The zero-order valence-electron chi connectivity index (χ0n) is 11.8. The number of oxime groups is 1. The van der Waals surface area contributed by atoms with Gasteiger partial charge in [-0.05, 0) is 38.8 Å². The molecular formula is C15H23N3O. The van der Waals surface area contributed by atoms with E-state index in [9.17, 15) is 0 Å². The summed E-state index contributed by atoms with van der Waals surface area (Å²) in [4.78, 5) is 2.39. The van der Waals surface area contributed by atoms with Gasteiger partial charge in [0.15, 0.2) is 0 Å². The number of hydrogen-bond donors (Lipinski definition) is 2. The summed E-state index contributed by atoms with van der Waals surface area (Å²) in [7, 11) is 0. The molecule has 4 nitrogen and oxygen atoms in total. The van der Waals surface area contributed by atoms with E-state index in [2.05, 4.69) is 42.1 Å². The van der Waals surface area contributed by atoms with Crippen LogP contribution in [0.15, 0.2) is 23.4 Å². The predicted molar refractivity (Wildman–Crippen MR) is 77.3 cm³/mol. The average Bonchev–Trinajstić information content (AvgIpc) is 2.37. The molecule has 1 aliphatic rings. The molecule has 104 valence electrons. The Morgan fingerprint density at radius 1 is 1.37 bits per heavy atom. The van der Waals surface area contributed by atoms with Crippen molar-refractivity contribution < 1.29 is 5.21 Å². The molecule has 4 heteroatoms. The van der Waals surface area contributed by atoms with Crippen molar-refractivity contribution in [2.75, 3.05) is 13.1 Å². The number of nitrogens with zero attached hydrogens (tertiary/aromatic N) is 2. The predicted octanol–water partition coefficient (Wildman–Crippen LogP) is 2.26. The van der Waals surface area contributed by atoms with Crippen molar-refractivity contribution in [2.45, 2.75) is 33.2 Å². The maximum absolute atomic E-state index is 8.78. The minimum atomic E-state index is 0.185. The number of benzene rings is 1. The summed E-state index contributed by atoms with van der Waals surface area (Å²) in [5.41, 5.74) is 9.68. The summed E-state index contributed by atoms with van der Waals surface area (Å²) in [6, 6.07) is 6.67. The Balaban J connectivity index is 2.02. The first-order chi connectivity index (χ1) is 9.08. The summed E-state index contributed by atoms with van der Waals surface area (Å²) in [5, 5.41) is 11.9. The van der Waals surface area contributed by atoms with E-state index in [1.807, 2.05) is 0 Å². The second-order valence-corrected chi connectivity index (χ2v) is 5.60. The van der Waals surface area contributed by atoms with E-state index in [0.717, 1.165) is 32.5 Å². The van der Waals surface area contributed by atoms with Crippen molar-refractivity contribution in [3.05, 3.63) is 34.9 Å². The van der Waals surface area contributed by atoms with Crippen molar-refractivity contribution in [2.24, 2.45) is 16.8 Å². The molecule has 0 amide bonds. The van der Waals surface area contributed by atoms with E-state index < -0.39 is 0 Å². The van der Waals surface area contributed by atoms with Crippen LogP contribution in [-0.4, -0.2) is 29.0 Å². The molecule has 0 bridgehead atoms. The van der Waals surface area contributed by atoms with E-state index >= 15 is 0 Å². The van der Waals surface area contributed by atoms with Gasteiger partial charge in [0.2, 0.25) is 0 Å². The molecule has 19 heavy (non-hydrogen) atoms.